The maximum absolute atomic E-state index is 12.9. The van der Waals surface area contributed by atoms with Gasteiger partial charge in [-0.1, -0.05) is 30.3 Å². The molecule has 1 aliphatic rings. The first-order valence-corrected chi connectivity index (χ1v) is 8.93. The molecule has 2 unspecified atom stereocenters. The highest BCUT2D eigenvalue weighted by atomic mass is 32.1. The number of benzene rings is 1. The molecule has 1 aromatic carbocycles. The SMILES string of the molecule is Cc1nc(Cc2ccccc2)sc1C(=O)N1CC(CO)OCC1C. The molecule has 1 aliphatic heterocycles. The van der Waals surface area contributed by atoms with Gasteiger partial charge in [0.2, 0.25) is 0 Å². The van der Waals surface area contributed by atoms with Gasteiger partial charge < -0.3 is 14.7 Å². The van der Waals surface area contributed by atoms with E-state index < -0.39 is 0 Å². The van der Waals surface area contributed by atoms with E-state index in [1.807, 2.05) is 32.0 Å². The van der Waals surface area contributed by atoms with E-state index in [2.05, 4.69) is 17.1 Å². The second-order valence-electron chi connectivity index (χ2n) is 6.13. The zero-order valence-corrected chi connectivity index (χ0v) is 14.8. The summed E-state index contributed by atoms with van der Waals surface area (Å²) in [6.07, 6.45) is 0.430. The number of hydrogen-bond donors (Lipinski definition) is 1. The maximum atomic E-state index is 12.9. The van der Waals surface area contributed by atoms with E-state index in [1.165, 1.54) is 16.9 Å². The van der Waals surface area contributed by atoms with Gasteiger partial charge in [-0.05, 0) is 19.4 Å². The minimum atomic E-state index is -0.304. The minimum Gasteiger partial charge on any atom is -0.394 e. The molecule has 1 aromatic heterocycles. The molecular weight excluding hydrogens is 324 g/mol. The lowest BCUT2D eigenvalue weighted by atomic mass is 10.1. The maximum Gasteiger partial charge on any atom is 0.266 e. The van der Waals surface area contributed by atoms with Crippen LogP contribution in [0.5, 0.6) is 0 Å². The van der Waals surface area contributed by atoms with Gasteiger partial charge in [0.25, 0.3) is 5.91 Å². The van der Waals surface area contributed by atoms with E-state index in [9.17, 15) is 9.90 Å². The molecule has 3 rings (SSSR count). The number of thiazole rings is 1. The first-order valence-electron chi connectivity index (χ1n) is 8.12. The molecule has 2 aromatic rings. The van der Waals surface area contributed by atoms with Gasteiger partial charge in [-0.2, -0.15) is 0 Å². The van der Waals surface area contributed by atoms with Crippen molar-refractivity contribution in [2.75, 3.05) is 19.8 Å². The smallest absolute Gasteiger partial charge is 0.266 e. The van der Waals surface area contributed by atoms with Crippen molar-refractivity contribution in [3.05, 3.63) is 51.5 Å². The van der Waals surface area contributed by atoms with E-state index in [0.29, 0.717) is 18.0 Å². The number of aliphatic hydroxyl groups is 1. The van der Waals surface area contributed by atoms with Gasteiger partial charge in [0.1, 0.15) is 4.88 Å². The summed E-state index contributed by atoms with van der Waals surface area (Å²) in [6.45, 7) is 4.64. The van der Waals surface area contributed by atoms with Crippen LogP contribution in [0.4, 0.5) is 0 Å². The second kappa shape index (κ2) is 7.42. The average molecular weight is 346 g/mol. The van der Waals surface area contributed by atoms with Crippen molar-refractivity contribution >= 4 is 17.2 Å². The van der Waals surface area contributed by atoms with Crippen LogP contribution in [0, 0.1) is 6.92 Å². The molecule has 24 heavy (non-hydrogen) atoms. The molecule has 128 valence electrons. The lowest BCUT2D eigenvalue weighted by molar-refractivity contribution is -0.0666. The molecule has 1 amide bonds. The van der Waals surface area contributed by atoms with Crippen molar-refractivity contribution in [1.29, 1.82) is 0 Å². The summed E-state index contributed by atoms with van der Waals surface area (Å²) in [7, 11) is 0. The Bertz CT molecular complexity index is 702. The van der Waals surface area contributed by atoms with Gasteiger partial charge >= 0.3 is 0 Å². The summed E-state index contributed by atoms with van der Waals surface area (Å²) in [4.78, 5) is 20.0. The van der Waals surface area contributed by atoms with Gasteiger partial charge in [0, 0.05) is 13.0 Å². The Balaban J connectivity index is 1.77. The summed E-state index contributed by atoms with van der Waals surface area (Å²) in [5.41, 5.74) is 1.96. The molecular formula is C18H22N2O3S. The van der Waals surface area contributed by atoms with Crippen molar-refractivity contribution in [2.24, 2.45) is 0 Å². The highest BCUT2D eigenvalue weighted by Crippen LogP contribution is 2.24. The van der Waals surface area contributed by atoms with Crippen LogP contribution in [0.3, 0.4) is 0 Å². The Morgan fingerprint density at radius 2 is 2.17 bits per heavy atom. The monoisotopic (exact) mass is 346 g/mol. The molecule has 0 spiro atoms. The van der Waals surface area contributed by atoms with Crippen LogP contribution in [0.15, 0.2) is 30.3 Å². The van der Waals surface area contributed by atoms with E-state index >= 15 is 0 Å². The van der Waals surface area contributed by atoms with Crippen LogP contribution < -0.4 is 0 Å². The number of nitrogens with zero attached hydrogens (tertiary/aromatic N) is 2. The number of carbonyl (C=O) groups is 1. The highest BCUT2D eigenvalue weighted by Gasteiger charge is 2.31. The molecule has 2 atom stereocenters. The summed E-state index contributed by atoms with van der Waals surface area (Å²) >= 11 is 1.46. The zero-order valence-electron chi connectivity index (χ0n) is 13.9. The van der Waals surface area contributed by atoms with Gasteiger partial charge in [-0.15, -0.1) is 11.3 Å². The number of ether oxygens (including phenoxy) is 1. The van der Waals surface area contributed by atoms with Crippen molar-refractivity contribution in [3.63, 3.8) is 0 Å². The first-order chi connectivity index (χ1) is 11.6. The van der Waals surface area contributed by atoms with Gasteiger partial charge in [0.15, 0.2) is 0 Å². The standard InChI is InChI=1S/C18H22N2O3S/c1-12-11-23-15(10-21)9-20(12)18(22)17-13(2)19-16(24-17)8-14-6-4-3-5-7-14/h3-7,12,15,21H,8-11H2,1-2H3. The molecule has 0 radical (unpaired) electrons. The normalized spacial score (nSPS) is 21.0. The number of amides is 1. The first kappa shape index (κ1) is 17.1. The van der Waals surface area contributed by atoms with Crippen molar-refractivity contribution in [1.82, 2.24) is 9.88 Å². The highest BCUT2D eigenvalue weighted by molar-refractivity contribution is 7.13. The third kappa shape index (κ3) is 3.66. The van der Waals surface area contributed by atoms with Crippen molar-refractivity contribution in [2.45, 2.75) is 32.4 Å². The van der Waals surface area contributed by atoms with E-state index in [4.69, 9.17) is 4.74 Å². The molecule has 1 saturated heterocycles. The second-order valence-corrected chi connectivity index (χ2v) is 7.21. The number of rotatable bonds is 4. The lowest BCUT2D eigenvalue weighted by Crippen LogP contribution is -2.52. The van der Waals surface area contributed by atoms with Crippen LogP contribution in [0.2, 0.25) is 0 Å². The Morgan fingerprint density at radius 3 is 2.88 bits per heavy atom. The van der Waals surface area contributed by atoms with Gasteiger partial charge in [-0.25, -0.2) is 4.98 Å². The molecule has 1 fully saturated rings. The van der Waals surface area contributed by atoms with Crippen LogP contribution >= 0.6 is 11.3 Å². The summed E-state index contributed by atoms with van der Waals surface area (Å²) < 4.78 is 5.51. The largest absolute Gasteiger partial charge is 0.394 e. The minimum absolute atomic E-state index is 0.000580. The van der Waals surface area contributed by atoms with Gasteiger partial charge in [-0.3, -0.25) is 4.79 Å². The van der Waals surface area contributed by atoms with Crippen LogP contribution in [-0.2, 0) is 11.2 Å². The topological polar surface area (TPSA) is 62.7 Å². The van der Waals surface area contributed by atoms with Gasteiger partial charge in [0.05, 0.1) is 36.1 Å². The van der Waals surface area contributed by atoms with Crippen LogP contribution in [0.1, 0.15) is 32.9 Å². The number of aliphatic hydroxyl groups excluding tert-OH is 1. The predicted octanol–water partition coefficient (Wildman–Crippen LogP) is 2.26. The quantitative estimate of drug-likeness (QED) is 0.922. The summed E-state index contributed by atoms with van der Waals surface area (Å²) in [6, 6.07) is 10.1. The number of morpholine rings is 1. The van der Waals surface area contributed by atoms with Crippen molar-refractivity contribution < 1.29 is 14.6 Å². The number of carbonyl (C=O) groups excluding carboxylic acids is 1. The molecule has 6 heteroatoms. The van der Waals surface area contributed by atoms with E-state index in [1.54, 1.807) is 4.90 Å². The molecule has 0 aliphatic carbocycles. The van der Waals surface area contributed by atoms with Crippen molar-refractivity contribution in [3.8, 4) is 0 Å². The lowest BCUT2D eigenvalue weighted by Gasteiger charge is -2.37. The third-order valence-corrected chi connectivity index (χ3v) is 5.35. The molecule has 5 nitrogen and oxygen atoms in total. The average Bonchev–Trinajstić information content (AvgIpc) is 2.96. The fourth-order valence-electron chi connectivity index (χ4n) is 2.84. The summed E-state index contributed by atoms with van der Waals surface area (Å²) in [5, 5.41) is 10.2. The van der Waals surface area contributed by atoms with E-state index in [0.717, 1.165) is 17.1 Å². The molecule has 0 saturated carbocycles. The fraction of sp³-hybridized carbons (Fsp3) is 0.444. The Labute approximate surface area is 145 Å². The van der Waals surface area contributed by atoms with Crippen LogP contribution in [-0.4, -0.2) is 52.8 Å². The molecule has 2 heterocycles. The Morgan fingerprint density at radius 1 is 1.42 bits per heavy atom. The molecule has 1 N–H and O–H groups in total. The number of aryl methyl sites for hydroxylation is 1. The fourth-order valence-corrected chi connectivity index (χ4v) is 3.89. The third-order valence-electron chi connectivity index (χ3n) is 4.20. The Kier molecular flexibility index (Phi) is 5.28. The van der Waals surface area contributed by atoms with Crippen LogP contribution in [0.25, 0.3) is 0 Å². The molecule has 0 bridgehead atoms. The predicted molar refractivity (Wildman–Crippen MR) is 93.4 cm³/mol. The van der Waals surface area contributed by atoms with E-state index in [-0.39, 0.29) is 24.7 Å². The number of aromatic nitrogens is 1. The summed E-state index contributed by atoms with van der Waals surface area (Å²) in [5.74, 6) is -0.0152. The Hall–Kier alpha value is -1.76. The zero-order chi connectivity index (χ0) is 17.1. The number of hydrogen-bond acceptors (Lipinski definition) is 5.